The third-order valence-electron chi connectivity index (χ3n) is 4.38. The van der Waals surface area contributed by atoms with Crippen LogP contribution in [0.3, 0.4) is 0 Å². The van der Waals surface area contributed by atoms with E-state index in [1.807, 2.05) is 30.3 Å². The molecule has 1 amide bonds. The minimum atomic E-state index is -0.352. The summed E-state index contributed by atoms with van der Waals surface area (Å²) in [4.78, 5) is 24.3. The second-order valence-corrected chi connectivity index (χ2v) is 7.18. The molecule has 0 atom stereocenters. The second-order valence-electron chi connectivity index (χ2n) is 6.38. The van der Waals surface area contributed by atoms with Crippen molar-refractivity contribution in [2.75, 3.05) is 12.4 Å². The van der Waals surface area contributed by atoms with Crippen molar-refractivity contribution in [3.63, 3.8) is 0 Å². The largest absolute Gasteiger partial charge is 0.481 e. The number of aromatic amines is 1. The molecular formula is C22H16Cl2N4O2. The Hall–Kier alpha value is -3.35. The molecule has 0 aliphatic rings. The van der Waals surface area contributed by atoms with Crippen LogP contribution in [0.15, 0.2) is 66.9 Å². The molecule has 2 aromatic heterocycles. The molecule has 0 unspecified atom stereocenters. The number of anilines is 1. The van der Waals surface area contributed by atoms with Gasteiger partial charge in [0, 0.05) is 22.9 Å². The topological polar surface area (TPSA) is 79.9 Å². The fraction of sp³-hybridized carbons (Fsp3) is 0.0455. The van der Waals surface area contributed by atoms with E-state index in [-0.39, 0.29) is 16.9 Å². The zero-order valence-corrected chi connectivity index (χ0v) is 17.3. The number of hydrogen-bond donors (Lipinski definition) is 2. The lowest BCUT2D eigenvalue weighted by Crippen LogP contribution is -2.12. The molecule has 8 heteroatoms. The number of benzene rings is 2. The number of carbonyl (C=O) groups is 1. The molecule has 2 aromatic carbocycles. The van der Waals surface area contributed by atoms with Crippen LogP contribution in [0.1, 0.15) is 10.4 Å². The van der Waals surface area contributed by atoms with Crippen molar-refractivity contribution < 1.29 is 9.53 Å². The Morgan fingerprint density at radius 3 is 2.63 bits per heavy atom. The number of nitrogens with one attached hydrogen (secondary N) is 2. The summed E-state index contributed by atoms with van der Waals surface area (Å²) in [6.45, 7) is 0. The summed E-state index contributed by atoms with van der Waals surface area (Å²) in [5.74, 6) is 0.507. The van der Waals surface area contributed by atoms with Gasteiger partial charge in [0.2, 0.25) is 5.88 Å². The van der Waals surface area contributed by atoms with Gasteiger partial charge in [0.25, 0.3) is 5.91 Å². The predicted octanol–water partition coefficient (Wildman–Crippen LogP) is 5.71. The molecule has 2 heterocycles. The van der Waals surface area contributed by atoms with Crippen molar-refractivity contribution in [1.82, 2.24) is 15.0 Å². The van der Waals surface area contributed by atoms with Gasteiger partial charge < -0.3 is 15.0 Å². The van der Waals surface area contributed by atoms with Crippen molar-refractivity contribution in [3.05, 3.63) is 82.6 Å². The van der Waals surface area contributed by atoms with Crippen LogP contribution in [-0.2, 0) is 0 Å². The molecule has 0 radical (unpaired) electrons. The first kappa shape index (κ1) is 19.9. The lowest BCUT2D eigenvalue weighted by atomic mass is 10.1. The van der Waals surface area contributed by atoms with Crippen LogP contribution >= 0.6 is 23.2 Å². The van der Waals surface area contributed by atoms with Gasteiger partial charge in [0.05, 0.1) is 24.0 Å². The van der Waals surface area contributed by atoms with Crippen molar-refractivity contribution in [1.29, 1.82) is 0 Å². The lowest BCUT2D eigenvalue weighted by Gasteiger charge is -2.09. The molecule has 6 nitrogen and oxygen atoms in total. The Morgan fingerprint density at radius 1 is 1.07 bits per heavy atom. The number of amides is 1. The summed E-state index contributed by atoms with van der Waals surface area (Å²) < 4.78 is 5.06. The molecule has 30 heavy (non-hydrogen) atoms. The van der Waals surface area contributed by atoms with Gasteiger partial charge in [0.1, 0.15) is 11.0 Å². The average molecular weight is 439 g/mol. The molecule has 0 saturated heterocycles. The van der Waals surface area contributed by atoms with Crippen LogP contribution in [0.4, 0.5) is 5.69 Å². The maximum Gasteiger partial charge on any atom is 0.255 e. The van der Waals surface area contributed by atoms with Crippen molar-refractivity contribution in [2.24, 2.45) is 0 Å². The smallest absolute Gasteiger partial charge is 0.255 e. The van der Waals surface area contributed by atoms with Crippen LogP contribution in [0.2, 0.25) is 10.2 Å². The lowest BCUT2D eigenvalue weighted by molar-refractivity contribution is 0.102. The van der Waals surface area contributed by atoms with Gasteiger partial charge in [0.15, 0.2) is 0 Å². The van der Waals surface area contributed by atoms with Crippen molar-refractivity contribution >= 4 is 34.8 Å². The fourth-order valence-electron chi connectivity index (χ4n) is 2.92. The Balaban J connectivity index is 1.60. The molecule has 150 valence electrons. The van der Waals surface area contributed by atoms with Gasteiger partial charge in [-0.2, -0.15) is 0 Å². The van der Waals surface area contributed by atoms with E-state index >= 15 is 0 Å². The van der Waals surface area contributed by atoms with Crippen LogP contribution in [0.5, 0.6) is 5.88 Å². The molecule has 0 aliphatic carbocycles. The van der Waals surface area contributed by atoms with Gasteiger partial charge in [-0.1, -0.05) is 53.5 Å². The Morgan fingerprint density at radius 2 is 1.87 bits per heavy atom. The second kappa shape index (κ2) is 8.57. The molecular weight excluding hydrogens is 423 g/mol. The number of carbonyl (C=O) groups excluding carboxylic acids is 1. The van der Waals surface area contributed by atoms with Crippen LogP contribution < -0.4 is 10.1 Å². The third-order valence-corrected chi connectivity index (χ3v) is 4.91. The van der Waals surface area contributed by atoms with E-state index in [1.54, 1.807) is 24.4 Å². The summed E-state index contributed by atoms with van der Waals surface area (Å²) in [6, 6.07) is 18.0. The van der Waals surface area contributed by atoms with E-state index in [4.69, 9.17) is 27.9 Å². The van der Waals surface area contributed by atoms with Gasteiger partial charge in [-0.05, 0) is 29.8 Å². The highest BCUT2D eigenvalue weighted by Gasteiger charge is 2.14. The molecule has 0 bridgehead atoms. The number of nitrogens with zero attached hydrogens (tertiary/aromatic N) is 2. The van der Waals surface area contributed by atoms with Gasteiger partial charge in [-0.25, -0.2) is 9.97 Å². The highest BCUT2D eigenvalue weighted by Crippen LogP contribution is 2.30. The predicted molar refractivity (Wildman–Crippen MR) is 118 cm³/mol. The zero-order valence-electron chi connectivity index (χ0n) is 15.8. The molecule has 4 rings (SSSR count). The van der Waals surface area contributed by atoms with E-state index in [1.165, 1.54) is 19.2 Å². The number of rotatable bonds is 5. The van der Waals surface area contributed by atoms with Gasteiger partial charge in [-0.15, -0.1) is 0 Å². The molecule has 0 spiro atoms. The number of pyridine rings is 1. The van der Waals surface area contributed by atoms with E-state index in [0.717, 1.165) is 11.3 Å². The zero-order chi connectivity index (χ0) is 21.1. The Labute approximate surface area is 182 Å². The minimum absolute atomic E-state index is 0.167. The summed E-state index contributed by atoms with van der Waals surface area (Å²) in [5.41, 5.74) is 3.44. The normalized spacial score (nSPS) is 10.6. The first-order valence-corrected chi connectivity index (χ1v) is 9.72. The SMILES string of the molecule is COc1cc(C(=O)Nc2ccc(Cl)c(-c3ncc(-c4ccccc4)[nH]3)c2)cc(Cl)n1. The van der Waals surface area contributed by atoms with Gasteiger partial charge in [-0.3, -0.25) is 4.79 Å². The first-order valence-electron chi connectivity index (χ1n) is 8.97. The van der Waals surface area contributed by atoms with Gasteiger partial charge >= 0.3 is 0 Å². The van der Waals surface area contributed by atoms with E-state index in [9.17, 15) is 4.79 Å². The van der Waals surface area contributed by atoms with Crippen LogP contribution in [0, 0.1) is 0 Å². The summed E-state index contributed by atoms with van der Waals surface area (Å²) in [6.07, 6.45) is 1.75. The van der Waals surface area contributed by atoms with E-state index < -0.39 is 0 Å². The molecule has 4 aromatic rings. The average Bonchev–Trinajstić information content (AvgIpc) is 3.25. The molecule has 0 aliphatic heterocycles. The minimum Gasteiger partial charge on any atom is -0.481 e. The molecule has 2 N–H and O–H groups in total. The summed E-state index contributed by atoms with van der Waals surface area (Å²) >= 11 is 12.3. The molecule has 0 saturated carbocycles. The highest BCUT2D eigenvalue weighted by molar-refractivity contribution is 6.33. The fourth-order valence-corrected chi connectivity index (χ4v) is 3.33. The molecule has 0 fully saturated rings. The highest BCUT2D eigenvalue weighted by atomic mass is 35.5. The number of methoxy groups -OCH3 is 1. The number of hydrogen-bond acceptors (Lipinski definition) is 4. The quantitative estimate of drug-likeness (QED) is 0.391. The van der Waals surface area contributed by atoms with E-state index in [0.29, 0.717) is 27.7 Å². The number of H-pyrrole nitrogens is 1. The number of ether oxygens (including phenoxy) is 1. The Kier molecular flexibility index (Phi) is 5.70. The van der Waals surface area contributed by atoms with Crippen LogP contribution in [0.25, 0.3) is 22.6 Å². The number of imidazole rings is 1. The van der Waals surface area contributed by atoms with E-state index in [2.05, 4.69) is 20.3 Å². The van der Waals surface area contributed by atoms with Crippen molar-refractivity contribution in [3.8, 4) is 28.5 Å². The number of aromatic nitrogens is 3. The maximum absolute atomic E-state index is 12.6. The van der Waals surface area contributed by atoms with Crippen LogP contribution in [-0.4, -0.2) is 28.0 Å². The van der Waals surface area contributed by atoms with Crippen molar-refractivity contribution in [2.45, 2.75) is 0 Å². The first-order chi connectivity index (χ1) is 14.5. The summed E-state index contributed by atoms with van der Waals surface area (Å²) in [5, 5.41) is 3.51. The maximum atomic E-state index is 12.6. The number of halogens is 2. The Bertz CT molecular complexity index is 1210. The monoisotopic (exact) mass is 438 g/mol. The third kappa shape index (κ3) is 4.30. The summed E-state index contributed by atoms with van der Waals surface area (Å²) in [7, 11) is 1.46. The standard InChI is InChI=1S/C22H16Cl2N4O2/c1-30-20-10-14(9-19(24)28-20)22(29)26-15-7-8-17(23)16(11-15)21-25-12-18(27-21)13-5-3-2-4-6-13/h2-12H,1H3,(H,25,27)(H,26,29).